The Hall–Kier alpha value is -2.84. The second-order valence-electron chi connectivity index (χ2n) is 7.37. The van der Waals surface area contributed by atoms with E-state index in [9.17, 15) is 18.0 Å². The molecule has 2 aliphatic rings. The number of ether oxygens (including phenoxy) is 1. The second-order valence-corrected chi connectivity index (χ2v) is 9.69. The number of sulfone groups is 1. The van der Waals surface area contributed by atoms with Gasteiger partial charge in [0.2, 0.25) is 9.84 Å². The number of piperidine rings is 1. The van der Waals surface area contributed by atoms with Crippen molar-refractivity contribution in [1.29, 1.82) is 0 Å². The fraction of sp³-hybridized carbons (Fsp3) is 0.273. The van der Waals surface area contributed by atoms with Gasteiger partial charge in [0.15, 0.2) is 4.91 Å². The number of likely N-dealkylation sites (tertiary alicyclic amines) is 1. The minimum Gasteiger partial charge on any atom is -0.465 e. The molecule has 1 saturated heterocycles. The number of carbonyl (C=O) groups excluding carboxylic acids is 2. The molecule has 0 bridgehead atoms. The van der Waals surface area contributed by atoms with Gasteiger partial charge in [-0.05, 0) is 61.7 Å². The molecule has 0 radical (unpaired) electrons. The van der Waals surface area contributed by atoms with Crippen LogP contribution in [0.1, 0.15) is 29.6 Å². The van der Waals surface area contributed by atoms with E-state index in [2.05, 4.69) is 0 Å². The highest BCUT2D eigenvalue weighted by molar-refractivity contribution is 7.96. The first-order valence-corrected chi connectivity index (χ1v) is 11.7. The lowest BCUT2D eigenvalue weighted by Crippen LogP contribution is -2.39. The SMILES string of the molecule is COC(=O)c1ccc(N2C=C(C(=O)N3CCCCC3)S(=O)(=O)c3ccc(Cl)cc32)cc1. The van der Waals surface area contributed by atoms with E-state index in [4.69, 9.17) is 16.3 Å². The number of halogens is 1. The van der Waals surface area contributed by atoms with Crippen molar-refractivity contribution in [2.75, 3.05) is 25.1 Å². The molecule has 2 aliphatic heterocycles. The van der Waals surface area contributed by atoms with E-state index in [0.29, 0.717) is 35.1 Å². The molecule has 0 N–H and O–H groups in total. The molecule has 4 rings (SSSR count). The van der Waals surface area contributed by atoms with E-state index in [1.54, 1.807) is 40.1 Å². The van der Waals surface area contributed by atoms with Gasteiger partial charge in [-0.1, -0.05) is 11.6 Å². The Labute approximate surface area is 185 Å². The van der Waals surface area contributed by atoms with Crippen molar-refractivity contribution in [2.24, 2.45) is 0 Å². The molecule has 7 nitrogen and oxygen atoms in total. The zero-order valence-electron chi connectivity index (χ0n) is 16.9. The summed E-state index contributed by atoms with van der Waals surface area (Å²) in [5.74, 6) is -0.982. The van der Waals surface area contributed by atoms with Gasteiger partial charge in [0.1, 0.15) is 0 Å². The molecular formula is C22H21ClN2O5S. The topological polar surface area (TPSA) is 84.0 Å². The van der Waals surface area contributed by atoms with Gasteiger partial charge in [0.25, 0.3) is 5.91 Å². The van der Waals surface area contributed by atoms with E-state index in [1.807, 2.05) is 0 Å². The Morgan fingerprint density at radius 1 is 1.00 bits per heavy atom. The average molecular weight is 461 g/mol. The van der Waals surface area contributed by atoms with Gasteiger partial charge in [-0.15, -0.1) is 0 Å². The molecule has 1 amide bonds. The zero-order valence-corrected chi connectivity index (χ0v) is 18.4. The van der Waals surface area contributed by atoms with Crippen LogP contribution in [-0.4, -0.2) is 45.4 Å². The molecule has 0 atom stereocenters. The van der Waals surface area contributed by atoms with Gasteiger partial charge in [0, 0.05) is 30.0 Å². The van der Waals surface area contributed by atoms with Crippen molar-refractivity contribution in [1.82, 2.24) is 4.90 Å². The Morgan fingerprint density at radius 2 is 1.68 bits per heavy atom. The summed E-state index contributed by atoms with van der Waals surface area (Å²) in [6, 6.07) is 10.9. The predicted octanol–water partition coefficient (Wildman–Crippen LogP) is 3.91. The number of esters is 1. The number of benzene rings is 2. The maximum atomic E-state index is 13.3. The molecule has 2 heterocycles. The van der Waals surface area contributed by atoms with E-state index in [0.717, 1.165) is 19.3 Å². The highest BCUT2D eigenvalue weighted by Crippen LogP contribution is 2.41. The molecule has 0 saturated carbocycles. The van der Waals surface area contributed by atoms with E-state index >= 15 is 0 Å². The van der Waals surface area contributed by atoms with E-state index in [1.165, 1.54) is 25.4 Å². The Bertz CT molecular complexity index is 1170. The molecule has 2 aromatic carbocycles. The van der Waals surface area contributed by atoms with Crippen molar-refractivity contribution < 1.29 is 22.7 Å². The van der Waals surface area contributed by atoms with Crippen LogP contribution in [0.25, 0.3) is 0 Å². The molecule has 0 spiro atoms. The van der Waals surface area contributed by atoms with Crippen molar-refractivity contribution >= 4 is 44.7 Å². The van der Waals surface area contributed by atoms with Crippen molar-refractivity contribution in [3.05, 3.63) is 64.2 Å². The van der Waals surface area contributed by atoms with Crippen LogP contribution in [0.4, 0.5) is 11.4 Å². The first-order valence-electron chi connectivity index (χ1n) is 9.86. The van der Waals surface area contributed by atoms with E-state index < -0.39 is 21.7 Å². The summed E-state index contributed by atoms with van der Waals surface area (Å²) in [4.78, 5) is 27.9. The fourth-order valence-electron chi connectivity index (χ4n) is 3.79. The Morgan fingerprint density at radius 3 is 2.32 bits per heavy atom. The molecule has 2 aromatic rings. The van der Waals surface area contributed by atoms with Gasteiger partial charge in [-0.2, -0.15) is 0 Å². The van der Waals surface area contributed by atoms with Crippen molar-refractivity contribution in [2.45, 2.75) is 24.2 Å². The lowest BCUT2D eigenvalue weighted by molar-refractivity contribution is -0.127. The molecule has 9 heteroatoms. The van der Waals surface area contributed by atoms with Gasteiger partial charge in [-0.25, -0.2) is 13.2 Å². The lowest BCUT2D eigenvalue weighted by atomic mass is 10.1. The van der Waals surface area contributed by atoms with Gasteiger partial charge >= 0.3 is 5.97 Å². The maximum Gasteiger partial charge on any atom is 0.337 e. The quantitative estimate of drug-likeness (QED) is 0.646. The number of amides is 1. The van der Waals surface area contributed by atoms with E-state index in [-0.39, 0.29) is 9.80 Å². The first kappa shape index (κ1) is 21.4. The van der Waals surface area contributed by atoms with Crippen molar-refractivity contribution in [3.8, 4) is 0 Å². The first-order chi connectivity index (χ1) is 14.8. The average Bonchev–Trinajstić information content (AvgIpc) is 2.79. The summed E-state index contributed by atoms with van der Waals surface area (Å²) in [5.41, 5.74) is 1.28. The molecule has 0 unspecified atom stereocenters. The third-order valence-electron chi connectivity index (χ3n) is 5.43. The number of methoxy groups -OCH3 is 1. The molecule has 0 aliphatic carbocycles. The predicted molar refractivity (Wildman–Crippen MR) is 117 cm³/mol. The number of anilines is 2. The summed E-state index contributed by atoms with van der Waals surface area (Å²) >= 11 is 6.15. The highest BCUT2D eigenvalue weighted by Gasteiger charge is 2.38. The minimum atomic E-state index is -4.02. The number of hydrogen-bond acceptors (Lipinski definition) is 6. The molecule has 1 fully saturated rings. The second kappa shape index (κ2) is 8.36. The normalized spacial score (nSPS) is 17.5. The number of fused-ring (bicyclic) bond motifs is 1. The smallest absolute Gasteiger partial charge is 0.337 e. The van der Waals surface area contributed by atoms with Crippen LogP contribution < -0.4 is 4.90 Å². The maximum absolute atomic E-state index is 13.3. The number of rotatable bonds is 3. The molecule has 162 valence electrons. The summed E-state index contributed by atoms with van der Waals surface area (Å²) < 4.78 is 31.3. The monoisotopic (exact) mass is 460 g/mol. The summed E-state index contributed by atoms with van der Waals surface area (Å²) in [6.07, 6.45) is 4.07. The van der Waals surface area contributed by atoms with Crippen LogP contribution in [0.3, 0.4) is 0 Å². The van der Waals surface area contributed by atoms with Gasteiger partial charge in [-0.3, -0.25) is 4.79 Å². The van der Waals surface area contributed by atoms with Gasteiger partial charge in [0.05, 0.1) is 23.3 Å². The number of carbonyl (C=O) groups is 2. The van der Waals surface area contributed by atoms with Crippen LogP contribution in [0.5, 0.6) is 0 Å². The third-order valence-corrected chi connectivity index (χ3v) is 7.44. The Kier molecular flexibility index (Phi) is 5.77. The third kappa shape index (κ3) is 3.93. The van der Waals surface area contributed by atoms with Crippen LogP contribution in [-0.2, 0) is 19.4 Å². The van der Waals surface area contributed by atoms with Crippen LogP contribution in [0.15, 0.2) is 58.5 Å². The summed E-state index contributed by atoms with van der Waals surface area (Å²) in [7, 11) is -2.72. The molecular weight excluding hydrogens is 440 g/mol. The Balaban J connectivity index is 1.83. The summed E-state index contributed by atoms with van der Waals surface area (Å²) in [5, 5.41) is 0.365. The fourth-order valence-corrected chi connectivity index (χ4v) is 5.48. The zero-order chi connectivity index (χ0) is 22.2. The standard InChI is InChI=1S/C22H21ClN2O5S/c1-30-22(27)15-5-8-17(9-6-15)25-14-20(21(26)24-11-3-2-4-12-24)31(28,29)19-10-7-16(23)13-18(19)25/h5-10,13-14H,2-4,11-12H2,1H3. The number of hydrogen-bond donors (Lipinski definition) is 0. The lowest BCUT2D eigenvalue weighted by Gasteiger charge is -2.32. The molecule has 31 heavy (non-hydrogen) atoms. The number of nitrogens with zero attached hydrogens (tertiary/aromatic N) is 2. The van der Waals surface area contributed by atoms with Crippen LogP contribution in [0.2, 0.25) is 5.02 Å². The van der Waals surface area contributed by atoms with Crippen LogP contribution in [0, 0.1) is 0 Å². The minimum absolute atomic E-state index is 0.0109. The largest absolute Gasteiger partial charge is 0.465 e. The highest BCUT2D eigenvalue weighted by atomic mass is 35.5. The molecule has 0 aromatic heterocycles. The summed E-state index contributed by atoms with van der Waals surface area (Å²) in [6.45, 7) is 1.07. The van der Waals surface area contributed by atoms with Crippen LogP contribution >= 0.6 is 11.6 Å². The van der Waals surface area contributed by atoms with Crippen molar-refractivity contribution in [3.63, 3.8) is 0 Å². The van der Waals surface area contributed by atoms with Gasteiger partial charge < -0.3 is 14.5 Å².